The van der Waals surface area contributed by atoms with Crippen LogP contribution in [0.4, 0.5) is 8.78 Å². The summed E-state index contributed by atoms with van der Waals surface area (Å²) in [6, 6.07) is 10.9. The van der Waals surface area contributed by atoms with Crippen LogP contribution in [0.5, 0.6) is 11.6 Å². The molecular formula is C29H26F2N2O6. The van der Waals surface area contributed by atoms with Gasteiger partial charge in [-0.3, -0.25) is 9.59 Å². The Morgan fingerprint density at radius 1 is 1.10 bits per heavy atom. The first-order valence-electron chi connectivity index (χ1n) is 12.1. The molecule has 0 bridgehead atoms. The van der Waals surface area contributed by atoms with Crippen LogP contribution in [0.25, 0.3) is 22.2 Å². The van der Waals surface area contributed by atoms with Crippen LogP contribution >= 0.6 is 0 Å². The third-order valence-corrected chi connectivity index (χ3v) is 6.36. The molecule has 0 aliphatic rings. The zero-order valence-corrected chi connectivity index (χ0v) is 22.0. The highest BCUT2D eigenvalue weighted by Crippen LogP contribution is 2.37. The van der Waals surface area contributed by atoms with Gasteiger partial charge in [-0.15, -0.1) is 0 Å². The van der Waals surface area contributed by atoms with E-state index in [4.69, 9.17) is 14.2 Å². The Labute approximate surface area is 222 Å². The second kappa shape index (κ2) is 11.0. The van der Waals surface area contributed by atoms with E-state index in [9.17, 15) is 23.2 Å². The van der Waals surface area contributed by atoms with Gasteiger partial charge in [0.15, 0.2) is 11.6 Å². The Balaban J connectivity index is 2.04. The van der Waals surface area contributed by atoms with Crippen molar-refractivity contribution in [3.05, 3.63) is 86.7 Å². The third-order valence-electron chi connectivity index (χ3n) is 6.36. The zero-order chi connectivity index (χ0) is 28.4. The van der Waals surface area contributed by atoms with Crippen molar-refractivity contribution in [1.29, 1.82) is 0 Å². The molecule has 1 N–H and O–H groups in total. The lowest BCUT2D eigenvalue weighted by molar-refractivity contribution is -0.142. The minimum Gasteiger partial charge on any atom is -0.469 e. The zero-order valence-electron chi connectivity index (χ0n) is 22.0. The summed E-state index contributed by atoms with van der Waals surface area (Å²) in [6.45, 7) is 6.02. The topological polar surface area (TPSA) is 108 Å². The van der Waals surface area contributed by atoms with E-state index in [2.05, 4.69) is 9.97 Å². The highest BCUT2D eigenvalue weighted by molar-refractivity contribution is 5.99. The molecule has 0 fully saturated rings. The van der Waals surface area contributed by atoms with Gasteiger partial charge in [-0.1, -0.05) is 18.2 Å². The van der Waals surface area contributed by atoms with Crippen molar-refractivity contribution in [3.8, 4) is 22.9 Å². The summed E-state index contributed by atoms with van der Waals surface area (Å²) in [5.41, 5.74) is -0.0792. The van der Waals surface area contributed by atoms with Gasteiger partial charge in [0, 0.05) is 22.2 Å². The van der Waals surface area contributed by atoms with Gasteiger partial charge >= 0.3 is 11.9 Å². The molecule has 2 aromatic carbocycles. The molecule has 202 valence electrons. The fourth-order valence-electron chi connectivity index (χ4n) is 4.36. The normalized spacial score (nSPS) is 11.8. The van der Waals surface area contributed by atoms with Crippen LogP contribution in [0, 0.1) is 25.5 Å². The molecule has 8 nitrogen and oxygen atoms in total. The number of para-hydroxylation sites is 1. The summed E-state index contributed by atoms with van der Waals surface area (Å²) >= 11 is 0. The number of halogens is 2. The number of methoxy groups -OCH3 is 1. The van der Waals surface area contributed by atoms with Crippen molar-refractivity contribution in [1.82, 2.24) is 9.97 Å². The number of H-pyrrole nitrogens is 1. The first kappa shape index (κ1) is 27.4. The minimum atomic E-state index is -1.08. The number of nitrogens with one attached hydrogen (secondary N) is 1. The highest BCUT2D eigenvalue weighted by Gasteiger charge is 2.30. The van der Waals surface area contributed by atoms with Crippen molar-refractivity contribution >= 4 is 22.8 Å². The number of hydrogen-bond donors (Lipinski definition) is 1. The number of fused-ring (bicyclic) bond motifs is 1. The van der Waals surface area contributed by atoms with E-state index in [-0.39, 0.29) is 46.2 Å². The van der Waals surface area contributed by atoms with Crippen LogP contribution in [0.1, 0.15) is 46.9 Å². The van der Waals surface area contributed by atoms with Crippen LogP contribution in [-0.2, 0) is 14.3 Å². The summed E-state index contributed by atoms with van der Waals surface area (Å²) in [5.74, 6) is -4.75. The lowest BCUT2D eigenvalue weighted by Gasteiger charge is -2.19. The van der Waals surface area contributed by atoms with Gasteiger partial charge < -0.3 is 19.2 Å². The molecule has 0 unspecified atom stereocenters. The van der Waals surface area contributed by atoms with E-state index >= 15 is 0 Å². The van der Waals surface area contributed by atoms with E-state index in [0.717, 1.165) is 6.07 Å². The monoisotopic (exact) mass is 536 g/mol. The fourth-order valence-corrected chi connectivity index (χ4v) is 4.36. The molecule has 0 saturated carbocycles. The lowest BCUT2D eigenvalue weighted by Crippen LogP contribution is -2.28. The number of aryl methyl sites for hydroxylation is 1. The Bertz CT molecular complexity index is 1660. The summed E-state index contributed by atoms with van der Waals surface area (Å²) in [6.07, 6.45) is 0. The minimum absolute atomic E-state index is 0.00869. The lowest BCUT2D eigenvalue weighted by atomic mass is 9.94. The predicted octanol–water partition coefficient (Wildman–Crippen LogP) is 5.73. The number of pyridine rings is 2. The summed E-state index contributed by atoms with van der Waals surface area (Å²) in [4.78, 5) is 46.8. The maximum atomic E-state index is 14.3. The van der Waals surface area contributed by atoms with Crippen molar-refractivity contribution in [2.45, 2.75) is 33.6 Å². The molecule has 0 aliphatic heterocycles. The van der Waals surface area contributed by atoms with Crippen LogP contribution < -0.4 is 10.2 Å². The number of hydrogen-bond acceptors (Lipinski definition) is 7. The molecule has 0 radical (unpaired) electrons. The standard InChI is InChI=1S/C29H26F2N2O6/c1-6-38-29(36)23-25(32-16(4)22(26(23)34)15(3)28(35)37-5)18-13-17-9-7-8-10-20(17)33-27(18)39-21-12-11-19(30)24(31)14(21)2/h7-13,15H,6H2,1-5H3,(H,32,34)/t15-/m1/s1. The van der Waals surface area contributed by atoms with Crippen LogP contribution in [0.2, 0.25) is 0 Å². The quantitative estimate of drug-likeness (QED) is 0.301. The Hall–Kier alpha value is -4.60. The van der Waals surface area contributed by atoms with Gasteiger partial charge in [0.1, 0.15) is 11.3 Å². The Morgan fingerprint density at radius 2 is 1.82 bits per heavy atom. The SMILES string of the molecule is CCOC(=O)c1c(-c2cc3ccccc3nc2Oc2ccc(F)c(F)c2C)[nH]c(C)c([C@@H](C)C(=O)OC)c1=O. The van der Waals surface area contributed by atoms with Crippen LogP contribution in [0.3, 0.4) is 0 Å². The van der Waals surface area contributed by atoms with Gasteiger partial charge in [0.05, 0.1) is 36.4 Å². The molecule has 0 spiro atoms. The van der Waals surface area contributed by atoms with E-state index in [1.807, 2.05) is 0 Å². The largest absolute Gasteiger partial charge is 0.469 e. The number of nitrogens with zero attached hydrogens (tertiary/aromatic N) is 1. The fraction of sp³-hybridized carbons (Fsp3) is 0.241. The van der Waals surface area contributed by atoms with Gasteiger partial charge in [0.2, 0.25) is 11.3 Å². The van der Waals surface area contributed by atoms with Crippen molar-refractivity contribution < 1.29 is 32.6 Å². The number of ether oxygens (including phenoxy) is 3. The number of aromatic nitrogens is 2. The van der Waals surface area contributed by atoms with Crippen molar-refractivity contribution in [2.24, 2.45) is 0 Å². The van der Waals surface area contributed by atoms with Crippen molar-refractivity contribution in [2.75, 3.05) is 13.7 Å². The number of rotatable bonds is 7. The van der Waals surface area contributed by atoms with E-state index in [1.165, 1.54) is 27.0 Å². The molecule has 4 aromatic rings. The van der Waals surface area contributed by atoms with Crippen molar-refractivity contribution in [3.63, 3.8) is 0 Å². The summed E-state index contributed by atoms with van der Waals surface area (Å²) in [7, 11) is 1.20. The number of esters is 2. The predicted molar refractivity (Wildman–Crippen MR) is 140 cm³/mol. The van der Waals surface area contributed by atoms with E-state index < -0.39 is 34.9 Å². The second-order valence-electron chi connectivity index (χ2n) is 8.83. The maximum Gasteiger partial charge on any atom is 0.344 e. The van der Waals surface area contributed by atoms with Crippen LogP contribution in [0.15, 0.2) is 47.3 Å². The van der Waals surface area contributed by atoms with Gasteiger partial charge in [0.25, 0.3) is 0 Å². The first-order valence-corrected chi connectivity index (χ1v) is 12.1. The summed E-state index contributed by atoms with van der Waals surface area (Å²) in [5, 5.41) is 0.655. The third kappa shape index (κ3) is 5.09. The second-order valence-corrected chi connectivity index (χ2v) is 8.83. The number of aromatic amines is 1. The highest BCUT2D eigenvalue weighted by atomic mass is 19.2. The van der Waals surface area contributed by atoms with Gasteiger partial charge in [-0.25, -0.2) is 18.6 Å². The van der Waals surface area contributed by atoms with Gasteiger partial charge in [-0.05, 0) is 52.0 Å². The molecule has 0 amide bonds. The Kier molecular flexibility index (Phi) is 7.75. The first-order chi connectivity index (χ1) is 18.6. The maximum absolute atomic E-state index is 14.3. The summed E-state index contributed by atoms with van der Waals surface area (Å²) < 4.78 is 44.1. The van der Waals surface area contributed by atoms with Gasteiger partial charge in [-0.2, -0.15) is 0 Å². The molecule has 4 rings (SSSR count). The molecule has 1 atom stereocenters. The Morgan fingerprint density at radius 3 is 2.51 bits per heavy atom. The molecule has 0 saturated heterocycles. The molecule has 2 heterocycles. The molecule has 10 heteroatoms. The smallest absolute Gasteiger partial charge is 0.344 e. The average Bonchev–Trinajstić information content (AvgIpc) is 2.92. The molecule has 0 aliphatic carbocycles. The molecule has 39 heavy (non-hydrogen) atoms. The molecule has 2 aromatic heterocycles. The van der Waals surface area contributed by atoms with E-state index in [0.29, 0.717) is 16.6 Å². The van der Waals surface area contributed by atoms with Crippen LogP contribution in [-0.4, -0.2) is 35.6 Å². The number of carbonyl (C=O) groups excluding carboxylic acids is 2. The average molecular weight is 537 g/mol. The molecular weight excluding hydrogens is 510 g/mol. The number of carbonyl (C=O) groups is 2. The van der Waals surface area contributed by atoms with E-state index in [1.54, 1.807) is 44.2 Å². The number of benzene rings is 2.